The van der Waals surface area contributed by atoms with Gasteiger partial charge in [0.15, 0.2) is 0 Å². The van der Waals surface area contributed by atoms with Gasteiger partial charge in [-0.25, -0.2) is 4.79 Å². The van der Waals surface area contributed by atoms with E-state index in [1.807, 2.05) is 12.1 Å². The lowest BCUT2D eigenvalue weighted by molar-refractivity contribution is -0.396. The number of hydrogen-bond acceptors (Lipinski definition) is 3. The van der Waals surface area contributed by atoms with Crippen LogP contribution in [0.3, 0.4) is 0 Å². The summed E-state index contributed by atoms with van der Waals surface area (Å²) in [5, 5.41) is 0.677. The van der Waals surface area contributed by atoms with Crippen molar-refractivity contribution in [3.05, 3.63) is 34.9 Å². The van der Waals surface area contributed by atoms with Crippen LogP contribution in [0.4, 0.5) is 0 Å². The fourth-order valence-corrected chi connectivity index (χ4v) is 1.44. The van der Waals surface area contributed by atoms with Crippen molar-refractivity contribution in [2.45, 2.75) is 18.9 Å². The first-order valence-corrected chi connectivity index (χ1v) is 4.62. The van der Waals surface area contributed by atoms with Gasteiger partial charge in [0.05, 0.1) is 0 Å². The van der Waals surface area contributed by atoms with E-state index >= 15 is 0 Å². The van der Waals surface area contributed by atoms with Gasteiger partial charge in [-0.1, -0.05) is 23.7 Å². The third kappa shape index (κ3) is 1.61. The quantitative estimate of drug-likeness (QED) is 0.705. The second kappa shape index (κ2) is 3.26. The summed E-state index contributed by atoms with van der Waals surface area (Å²) in [5.41, 5.74) is 0.168. The first-order chi connectivity index (χ1) is 6.60. The predicted octanol–water partition coefficient (Wildman–Crippen LogP) is 2.13. The van der Waals surface area contributed by atoms with Crippen molar-refractivity contribution in [3.8, 4) is 0 Å². The second-order valence-electron chi connectivity index (χ2n) is 3.49. The van der Waals surface area contributed by atoms with E-state index in [-0.39, 0.29) is 5.97 Å². The van der Waals surface area contributed by atoms with Crippen LogP contribution >= 0.6 is 11.6 Å². The van der Waals surface area contributed by atoms with Gasteiger partial charge in [0.25, 0.3) is 0 Å². The van der Waals surface area contributed by atoms with Gasteiger partial charge in [0.1, 0.15) is 0 Å². The van der Waals surface area contributed by atoms with E-state index in [1.165, 1.54) is 0 Å². The lowest BCUT2D eigenvalue weighted by Gasteiger charge is -2.32. The molecule has 1 saturated heterocycles. The predicted molar refractivity (Wildman–Crippen MR) is 50.7 cm³/mol. The Morgan fingerprint density at radius 1 is 1.36 bits per heavy atom. The summed E-state index contributed by atoms with van der Waals surface area (Å²) in [6, 6.07) is 7.29. The average molecular weight is 213 g/mol. The Morgan fingerprint density at radius 2 is 2.00 bits per heavy atom. The van der Waals surface area contributed by atoms with Gasteiger partial charge in [-0.2, -0.15) is 4.89 Å². The van der Waals surface area contributed by atoms with E-state index in [9.17, 15) is 4.79 Å². The molecule has 0 aliphatic carbocycles. The van der Waals surface area contributed by atoms with Crippen LogP contribution in [0, 0.1) is 0 Å². The molecule has 1 aliphatic heterocycles. The number of halogens is 1. The molecule has 1 aromatic rings. The topological polar surface area (TPSA) is 35.5 Å². The molecule has 1 heterocycles. The van der Waals surface area contributed by atoms with Crippen molar-refractivity contribution in [1.29, 1.82) is 0 Å². The van der Waals surface area contributed by atoms with Crippen LogP contribution in [0.2, 0.25) is 5.02 Å². The SMILES string of the molecule is CC1(Cc2ccc(Cl)cc2)OOC1=O. The van der Waals surface area contributed by atoms with E-state index in [0.29, 0.717) is 11.4 Å². The number of benzene rings is 1. The minimum atomic E-state index is -0.826. The van der Waals surface area contributed by atoms with Crippen LogP contribution in [0.1, 0.15) is 12.5 Å². The number of carbonyl (C=O) groups excluding carboxylic acids is 1. The van der Waals surface area contributed by atoms with Gasteiger partial charge in [-0.15, -0.1) is 0 Å². The minimum absolute atomic E-state index is 0.326. The maximum absolute atomic E-state index is 11.1. The maximum atomic E-state index is 11.1. The van der Waals surface area contributed by atoms with E-state index in [2.05, 4.69) is 4.89 Å². The van der Waals surface area contributed by atoms with Crippen molar-refractivity contribution < 1.29 is 14.6 Å². The van der Waals surface area contributed by atoms with Gasteiger partial charge < -0.3 is 0 Å². The zero-order valence-corrected chi connectivity index (χ0v) is 8.38. The van der Waals surface area contributed by atoms with Crippen LogP contribution in [0.25, 0.3) is 0 Å². The molecule has 0 bridgehead atoms. The van der Waals surface area contributed by atoms with Crippen LogP contribution in [-0.2, 0) is 21.0 Å². The highest BCUT2D eigenvalue weighted by molar-refractivity contribution is 6.30. The summed E-state index contributed by atoms with van der Waals surface area (Å²) in [7, 11) is 0. The summed E-state index contributed by atoms with van der Waals surface area (Å²) < 4.78 is 0. The molecular weight excluding hydrogens is 204 g/mol. The normalized spacial score (nSPS) is 25.4. The smallest absolute Gasteiger partial charge is 0.294 e. The highest BCUT2D eigenvalue weighted by atomic mass is 35.5. The highest BCUT2D eigenvalue weighted by Gasteiger charge is 2.48. The van der Waals surface area contributed by atoms with Crippen molar-refractivity contribution in [2.24, 2.45) is 0 Å². The molecule has 0 radical (unpaired) electrons. The molecule has 1 unspecified atom stereocenters. The molecule has 0 spiro atoms. The zero-order valence-electron chi connectivity index (χ0n) is 7.62. The molecule has 3 nitrogen and oxygen atoms in total. The molecule has 1 atom stereocenters. The highest BCUT2D eigenvalue weighted by Crippen LogP contribution is 2.28. The summed E-state index contributed by atoms with van der Waals surface area (Å²) >= 11 is 5.74. The van der Waals surface area contributed by atoms with Crippen molar-refractivity contribution in [3.63, 3.8) is 0 Å². The van der Waals surface area contributed by atoms with Gasteiger partial charge in [0.2, 0.25) is 5.60 Å². The van der Waals surface area contributed by atoms with Gasteiger partial charge in [-0.05, 0) is 24.6 Å². The minimum Gasteiger partial charge on any atom is -0.294 e. The van der Waals surface area contributed by atoms with E-state index in [4.69, 9.17) is 16.5 Å². The zero-order chi connectivity index (χ0) is 10.2. The summed E-state index contributed by atoms with van der Waals surface area (Å²) in [6.07, 6.45) is 0.503. The Hall–Kier alpha value is -1.06. The molecule has 0 amide bonds. The van der Waals surface area contributed by atoms with E-state index < -0.39 is 5.60 Å². The first kappa shape index (κ1) is 9.49. The van der Waals surface area contributed by atoms with Crippen LogP contribution in [0.5, 0.6) is 0 Å². The third-order valence-corrected chi connectivity index (χ3v) is 2.44. The van der Waals surface area contributed by atoms with Crippen molar-refractivity contribution >= 4 is 17.6 Å². The van der Waals surface area contributed by atoms with E-state index in [1.54, 1.807) is 19.1 Å². The summed E-state index contributed by atoms with van der Waals surface area (Å²) in [4.78, 5) is 20.1. The maximum Gasteiger partial charge on any atom is 0.378 e. The Morgan fingerprint density at radius 3 is 2.43 bits per heavy atom. The summed E-state index contributed by atoms with van der Waals surface area (Å²) in [6.45, 7) is 1.70. The molecule has 74 valence electrons. The van der Waals surface area contributed by atoms with Crippen molar-refractivity contribution in [1.82, 2.24) is 0 Å². The third-order valence-electron chi connectivity index (χ3n) is 2.19. The molecule has 0 aromatic heterocycles. The van der Waals surface area contributed by atoms with E-state index in [0.717, 1.165) is 5.56 Å². The van der Waals surface area contributed by atoms with Gasteiger partial charge in [0, 0.05) is 11.4 Å². The molecule has 0 saturated carbocycles. The largest absolute Gasteiger partial charge is 0.378 e. The average Bonchev–Trinajstić information content (AvgIpc) is 2.19. The van der Waals surface area contributed by atoms with Crippen LogP contribution in [0.15, 0.2) is 24.3 Å². The lowest BCUT2D eigenvalue weighted by Crippen LogP contribution is -2.51. The molecule has 4 heteroatoms. The molecule has 1 aromatic carbocycles. The van der Waals surface area contributed by atoms with Crippen LogP contribution < -0.4 is 0 Å². The lowest BCUT2D eigenvalue weighted by atomic mass is 9.96. The number of hydrogen-bond donors (Lipinski definition) is 0. The molecular formula is C10H9ClO3. The molecule has 14 heavy (non-hydrogen) atoms. The molecule has 1 fully saturated rings. The Balaban J connectivity index is 2.11. The van der Waals surface area contributed by atoms with Gasteiger partial charge >= 0.3 is 5.97 Å². The molecule has 1 aliphatic rings. The molecule has 2 rings (SSSR count). The Bertz CT molecular complexity index is 360. The Kier molecular flexibility index (Phi) is 2.21. The fraction of sp³-hybridized carbons (Fsp3) is 0.300. The van der Waals surface area contributed by atoms with Crippen molar-refractivity contribution in [2.75, 3.05) is 0 Å². The monoisotopic (exact) mass is 212 g/mol. The first-order valence-electron chi connectivity index (χ1n) is 4.25. The number of rotatable bonds is 2. The second-order valence-corrected chi connectivity index (χ2v) is 3.92. The molecule has 0 N–H and O–H groups in total. The van der Waals surface area contributed by atoms with Gasteiger partial charge in [-0.3, -0.25) is 4.89 Å². The Labute approximate surface area is 86.5 Å². The number of carbonyl (C=O) groups is 1. The van der Waals surface area contributed by atoms with Crippen LogP contribution in [-0.4, -0.2) is 11.6 Å². The standard InChI is InChI=1S/C10H9ClO3/c1-10(9(12)13-14-10)6-7-2-4-8(11)5-3-7/h2-5H,6H2,1H3. The summed E-state index contributed by atoms with van der Waals surface area (Å²) in [5.74, 6) is -0.326. The fourth-order valence-electron chi connectivity index (χ4n) is 1.31.